The van der Waals surface area contributed by atoms with Gasteiger partial charge < -0.3 is 50.4 Å². The fourth-order valence-corrected chi connectivity index (χ4v) is 9.73. The van der Waals surface area contributed by atoms with Crippen molar-refractivity contribution in [2.24, 2.45) is 0 Å². The number of likely N-dealkylation sites (tertiary alicyclic amines) is 2. The van der Waals surface area contributed by atoms with Crippen LogP contribution in [0.4, 0.5) is 0 Å². The maximum Gasteiger partial charge on any atom is 0.245 e. The molecule has 2 fully saturated rings. The number of aryl methyl sites for hydroxylation is 2. The van der Waals surface area contributed by atoms with Crippen LogP contribution >= 0.6 is 0 Å². The number of nitrogens with zero attached hydrogens (tertiary/aromatic N) is 4. The van der Waals surface area contributed by atoms with Crippen molar-refractivity contribution in [3.05, 3.63) is 59.7 Å². The standard InChI is InChI=1S/C45H62N8O6/c1-28(46-3)42(56)48-36(18-24-54)44(58)50-20-9-12-30(50)26-34-32-14-5-7-16-38(32)52-22-11-23-53-39-17-8-6-15-33(39)35(41(53)40(34)52)27-31-13-10-21-51(31)45(59)37(19-25-55)49-43(57)29(2)47-4/h5-8,14-17,28-31,36-37,46-47,54-55H,9-13,18-27H2,1-4H3,(H,48,56)(H,49,57)/t28-,29-,30-,31-,36-,37-/m0/s1. The van der Waals surface area contributed by atoms with Crippen molar-refractivity contribution < 1.29 is 29.4 Å². The lowest BCUT2D eigenvalue weighted by Crippen LogP contribution is -2.54. The maximum absolute atomic E-state index is 14.3. The number of fused-ring (bicyclic) bond motifs is 7. The van der Waals surface area contributed by atoms with Crippen molar-refractivity contribution in [2.45, 2.75) is 121 Å². The highest BCUT2D eigenvalue weighted by molar-refractivity contribution is 5.98. The monoisotopic (exact) mass is 810 g/mol. The second kappa shape index (κ2) is 18.7. The first kappa shape index (κ1) is 42.4. The number of aliphatic hydroxyl groups excluding tert-OH is 2. The first-order chi connectivity index (χ1) is 28.6. The summed E-state index contributed by atoms with van der Waals surface area (Å²) in [5.41, 5.74) is 6.99. The molecule has 0 saturated carbocycles. The van der Waals surface area contributed by atoms with Gasteiger partial charge in [0, 0.05) is 73.3 Å². The molecular formula is C45H62N8O6. The minimum absolute atomic E-state index is 0.102. The van der Waals surface area contributed by atoms with Gasteiger partial charge in [0.25, 0.3) is 0 Å². The summed E-state index contributed by atoms with van der Waals surface area (Å²) in [6, 6.07) is 14.3. The molecule has 14 nitrogen and oxygen atoms in total. The van der Waals surface area contributed by atoms with Crippen LogP contribution in [0.3, 0.4) is 0 Å². The zero-order valence-electron chi connectivity index (χ0n) is 35.0. The number of hydrogen-bond acceptors (Lipinski definition) is 8. The Bertz CT molecular complexity index is 2010. The molecule has 2 aromatic carbocycles. The van der Waals surface area contributed by atoms with E-state index < -0.39 is 24.2 Å². The third-order valence-corrected chi connectivity index (χ3v) is 13.1. The molecule has 0 unspecified atom stereocenters. The Morgan fingerprint density at radius 2 is 1.03 bits per heavy atom. The Labute approximate surface area is 346 Å². The summed E-state index contributed by atoms with van der Waals surface area (Å²) in [7, 11) is 3.40. The van der Waals surface area contributed by atoms with E-state index in [1.807, 2.05) is 9.80 Å². The lowest BCUT2D eigenvalue weighted by molar-refractivity contribution is -0.138. The Morgan fingerprint density at radius 3 is 1.42 bits per heavy atom. The topological polar surface area (TPSA) is 173 Å². The van der Waals surface area contributed by atoms with Gasteiger partial charge in [0.05, 0.1) is 23.5 Å². The second-order valence-electron chi connectivity index (χ2n) is 16.6. The molecule has 6 atom stereocenters. The van der Waals surface area contributed by atoms with Gasteiger partial charge in [-0.15, -0.1) is 0 Å². The average Bonchev–Trinajstić information content (AvgIpc) is 4.02. The molecule has 4 amide bonds. The highest BCUT2D eigenvalue weighted by Crippen LogP contribution is 2.44. The number of carbonyl (C=O) groups excluding carboxylic acids is 4. The van der Waals surface area contributed by atoms with Crippen LogP contribution in [0.15, 0.2) is 48.5 Å². The first-order valence-corrected chi connectivity index (χ1v) is 21.6. The predicted octanol–water partition coefficient (Wildman–Crippen LogP) is 2.68. The van der Waals surface area contributed by atoms with Gasteiger partial charge in [0.1, 0.15) is 12.1 Å². The van der Waals surface area contributed by atoms with Crippen LogP contribution in [0.1, 0.15) is 69.9 Å². The average molecular weight is 811 g/mol. The Hall–Kier alpha value is -4.76. The quantitative estimate of drug-likeness (QED) is 0.100. The van der Waals surface area contributed by atoms with Gasteiger partial charge >= 0.3 is 0 Å². The van der Waals surface area contributed by atoms with Crippen molar-refractivity contribution in [2.75, 3.05) is 40.4 Å². The molecule has 0 bridgehead atoms. The van der Waals surface area contributed by atoms with E-state index in [1.165, 1.54) is 11.1 Å². The van der Waals surface area contributed by atoms with Gasteiger partial charge in [-0.2, -0.15) is 0 Å². The SMILES string of the molecule is CN[C@@H](C)C(=O)N[C@@H](CCO)C(=O)N1CCC[C@H]1Cc1c2n(c3ccccc13)CCCn1c-2c(C[C@@H]2CCCN2C(=O)[C@H](CCO)NC(=O)[C@H](C)NC)c2ccccc21. The van der Waals surface area contributed by atoms with Crippen LogP contribution in [0.5, 0.6) is 0 Å². The van der Waals surface area contributed by atoms with E-state index >= 15 is 0 Å². The van der Waals surface area contributed by atoms with E-state index in [1.54, 1.807) is 27.9 Å². The molecule has 6 N–H and O–H groups in total. The molecule has 0 spiro atoms. The van der Waals surface area contributed by atoms with Crippen molar-refractivity contribution in [1.82, 2.24) is 40.2 Å². The normalized spacial score (nSPS) is 19.9. The Balaban J connectivity index is 1.28. The number of carbonyl (C=O) groups is 4. The van der Waals surface area contributed by atoms with Crippen LogP contribution in [0.25, 0.3) is 33.2 Å². The van der Waals surface area contributed by atoms with Gasteiger partial charge in [-0.3, -0.25) is 19.2 Å². The lowest BCUT2D eigenvalue weighted by atomic mass is 9.94. The summed E-state index contributed by atoms with van der Waals surface area (Å²) in [4.78, 5) is 58.2. The van der Waals surface area contributed by atoms with E-state index in [2.05, 4.69) is 78.9 Å². The summed E-state index contributed by atoms with van der Waals surface area (Å²) >= 11 is 0. The number of hydrogen-bond donors (Lipinski definition) is 6. The minimum atomic E-state index is -0.824. The van der Waals surface area contributed by atoms with Crippen LogP contribution in [-0.4, -0.2) is 129 Å². The van der Waals surface area contributed by atoms with Crippen molar-refractivity contribution in [1.29, 1.82) is 0 Å². The van der Waals surface area contributed by atoms with Crippen LogP contribution in [-0.2, 0) is 45.1 Å². The van der Waals surface area contributed by atoms with E-state index in [4.69, 9.17) is 0 Å². The summed E-state index contributed by atoms with van der Waals surface area (Å²) < 4.78 is 4.93. The minimum Gasteiger partial charge on any atom is -0.396 e. The van der Waals surface area contributed by atoms with Crippen molar-refractivity contribution in [3.8, 4) is 11.4 Å². The highest BCUT2D eigenvalue weighted by atomic mass is 16.3. The fourth-order valence-electron chi connectivity index (χ4n) is 9.73. The molecule has 2 aromatic heterocycles. The van der Waals surface area contributed by atoms with E-state index in [0.717, 1.165) is 78.4 Å². The highest BCUT2D eigenvalue weighted by Gasteiger charge is 2.39. The third-order valence-electron chi connectivity index (χ3n) is 13.1. The van der Waals surface area contributed by atoms with E-state index in [0.29, 0.717) is 25.9 Å². The Kier molecular flexibility index (Phi) is 13.4. The largest absolute Gasteiger partial charge is 0.396 e. The number of aromatic nitrogens is 2. The second-order valence-corrected chi connectivity index (χ2v) is 16.6. The molecule has 59 heavy (non-hydrogen) atoms. The van der Waals surface area contributed by atoms with Gasteiger partial charge in [-0.1, -0.05) is 36.4 Å². The van der Waals surface area contributed by atoms with Gasteiger partial charge in [-0.25, -0.2) is 0 Å². The van der Waals surface area contributed by atoms with E-state index in [-0.39, 0.29) is 61.8 Å². The molecule has 14 heteroatoms. The maximum atomic E-state index is 14.3. The number of nitrogens with one attached hydrogen (secondary N) is 4. The summed E-state index contributed by atoms with van der Waals surface area (Å²) in [6.45, 7) is 5.87. The lowest BCUT2D eigenvalue weighted by Gasteiger charge is -2.30. The number of benzene rings is 2. The summed E-state index contributed by atoms with van der Waals surface area (Å²) in [5, 5.41) is 33.9. The molecule has 3 aliphatic rings. The molecule has 2 saturated heterocycles. The molecule has 3 aliphatic heterocycles. The van der Waals surface area contributed by atoms with Crippen LogP contribution in [0, 0.1) is 0 Å². The van der Waals surface area contributed by atoms with Crippen LogP contribution in [0.2, 0.25) is 0 Å². The predicted molar refractivity (Wildman–Crippen MR) is 229 cm³/mol. The van der Waals surface area contributed by atoms with Crippen LogP contribution < -0.4 is 21.3 Å². The van der Waals surface area contributed by atoms with Gasteiger partial charge in [-0.05, 0) is 109 Å². The number of rotatable bonds is 16. The van der Waals surface area contributed by atoms with Crippen molar-refractivity contribution >= 4 is 45.4 Å². The number of likely N-dealkylation sites (N-methyl/N-ethyl adjacent to an activating group) is 2. The molecule has 0 radical (unpaired) electrons. The molecular weight excluding hydrogens is 749 g/mol. The first-order valence-electron chi connectivity index (χ1n) is 21.6. The molecule has 7 rings (SSSR count). The number of amides is 4. The fraction of sp³-hybridized carbons (Fsp3) is 0.556. The molecule has 318 valence electrons. The molecule has 4 aromatic rings. The summed E-state index contributed by atoms with van der Waals surface area (Å²) in [6.07, 6.45) is 5.81. The van der Waals surface area contributed by atoms with Gasteiger partial charge in [0.2, 0.25) is 23.6 Å². The van der Waals surface area contributed by atoms with Crippen molar-refractivity contribution in [3.63, 3.8) is 0 Å². The molecule has 5 heterocycles. The van der Waals surface area contributed by atoms with E-state index in [9.17, 15) is 29.4 Å². The smallest absolute Gasteiger partial charge is 0.245 e. The number of para-hydroxylation sites is 2. The van der Waals surface area contributed by atoms with Gasteiger partial charge in [0.15, 0.2) is 0 Å². The number of aliphatic hydroxyl groups is 2. The Morgan fingerprint density at radius 1 is 0.627 bits per heavy atom. The third kappa shape index (κ3) is 8.37. The zero-order valence-corrected chi connectivity index (χ0v) is 35.0. The zero-order chi connectivity index (χ0) is 41.8. The summed E-state index contributed by atoms with van der Waals surface area (Å²) in [5.74, 6) is -0.882. The molecule has 0 aliphatic carbocycles.